The highest BCUT2D eigenvalue weighted by atomic mass is 16.5. The van der Waals surface area contributed by atoms with Crippen LogP contribution in [0.4, 0.5) is 5.69 Å². The Kier molecular flexibility index (Phi) is 4.41. The van der Waals surface area contributed by atoms with Crippen molar-refractivity contribution in [2.24, 2.45) is 0 Å². The first-order valence-electron chi connectivity index (χ1n) is 8.49. The molecule has 1 atom stereocenters. The second-order valence-corrected chi connectivity index (χ2v) is 6.18. The molecule has 6 heteroatoms. The van der Waals surface area contributed by atoms with Gasteiger partial charge < -0.3 is 19.8 Å². The molecule has 6 nitrogen and oxygen atoms in total. The van der Waals surface area contributed by atoms with Gasteiger partial charge in [0.05, 0.1) is 18.4 Å². The van der Waals surface area contributed by atoms with Gasteiger partial charge in [0.2, 0.25) is 5.89 Å². The molecule has 0 saturated heterocycles. The second kappa shape index (κ2) is 7.01. The molecule has 4 rings (SSSR count). The van der Waals surface area contributed by atoms with E-state index in [1.54, 1.807) is 6.20 Å². The standard InChI is InChI=1S/C20H19N3O3/c1-13(15-7-8-17-16(9-15)23-19(24)12-25-17)21-11-20-22-10-18(26-20)14-5-3-2-4-6-14/h2-10,13,21H,11-12H2,1H3,(H,23,24)/t13-/m0/s1. The molecule has 0 radical (unpaired) electrons. The van der Waals surface area contributed by atoms with Gasteiger partial charge >= 0.3 is 0 Å². The Morgan fingerprint density at radius 2 is 2.08 bits per heavy atom. The molecule has 0 unspecified atom stereocenters. The first-order valence-corrected chi connectivity index (χ1v) is 8.49. The SMILES string of the molecule is C[C@H](NCc1ncc(-c2ccccc2)o1)c1ccc2c(c1)NC(=O)CO2. The Hall–Kier alpha value is -3.12. The molecule has 0 saturated carbocycles. The summed E-state index contributed by atoms with van der Waals surface area (Å²) in [5.74, 6) is 1.94. The van der Waals surface area contributed by atoms with E-state index in [2.05, 4.69) is 15.6 Å². The van der Waals surface area contributed by atoms with Crippen molar-refractivity contribution in [2.75, 3.05) is 11.9 Å². The molecule has 0 aliphatic carbocycles. The molecular formula is C20H19N3O3. The fourth-order valence-electron chi connectivity index (χ4n) is 2.86. The summed E-state index contributed by atoms with van der Waals surface area (Å²) in [6, 6.07) is 15.7. The largest absolute Gasteiger partial charge is 0.482 e. The second-order valence-electron chi connectivity index (χ2n) is 6.18. The number of hydrogen-bond acceptors (Lipinski definition) is 5. The normalized spacial score (nSPS) is 14.3. The van der Waals surface area contributed by atoms with Crippen LogP contribution in [0.3, 0.4) is 0 Å². The van der Waals surface area contributed by atoms with Crippen LogP contribution in [0, 0.1) is 0 Å². The number of nitrogens with one attached hydrogen (secondary N) is 2. The number of rotatable bonds is 5. The molecule has 2 heterocycles. The van der Waals surface area contributed by atoms with E-state index in [4.69, 9.17) is 9.15 Å². The van der Waals surface area contributed by atoms with Crippen molar-refractivity contribution in [2.45, 2.75) is 19.5 Å². The zero-order valence-electron chi connectivity index (χ0n) is 14.4. The summed E-state index contributed by atoms with van der Waals surface area (Å²) >= 11 is 0. The van der Waals surface area contributed by atoms with Crippen LogP contribution in [0.5, 0.6) is 5.75 Å². The topological polar surface area (TPSA) is 76.4 Å². The summed E-state index contributed by atoms with van der Waals surface area (Å²) in [7, 11) is 0. The number of anilines is 1. The number of oxazole rings is 1. The Balaban J connectivity index is 1.41. The van der Waals surface area contributed by atoms with Gasteiger partial charge in [-0.15, -0.1) is 0 Å². The van der Waals surface area contributed by atoms with Crippen LogP contribution in [0.2, 0.25) is 0 Å². The summed E-state index contributed by atoms with van der Waals surface area (Å²) < 4.78 is 11.2. The van der Waals surface area contributed by atoms with E-state index < -0.39 is 0 Å². The van der Waals surface area contributed by atoms with E-state index in [0.717, 1.165) is 16.9 Å². The Morgan fingerprint density at radius 3 is 2.92 bits per heavy atom. The fraction of sp³-hybridized carbons (Fsp3) is 0.200. The van der Waals surface area contributed by atoms with Crippen LogP contribution in [0.1, 0.15) is 24.4 Å². The van der Waals surface area contributed by atoms with Crippen LogP contribution in [-0.2, 0) is 11.3 Å². The average Bonchev–Trinajstić information content (AvgIpc) is 3.15. The molecule has 0 bridgehead atoms. The third-order valence-corrected chi connectivity index (χ3v) is 4.31. The van der Waals surface area contributed by atoms with Crippen molar-refractivity contribution in [1.82, 2.24) is 10.3 Å². The maximum absolute atomic E-state index is 11.5. The lowest BCUT2D eigenvalue weighted by atomic mass is 10.1. The third-order valence-electron chi connectivity index (χ3n) is 4.31. The van der Waals surface area contributed by atoms with E-state index in [9.17, 15) is 4.79 Å². The Labute approximate surface area is 151 Å². The van der Waals surface area contributed by atoms with Crippen LogP contribution in [0.25, 0.3) is 11.3 Å². The number of carbonyl (C=O) groups excluding carboxylic acids is 1. The predicted molar refractivity (Wildman–Crippen MR) is 97.8 cm³/mol. The molecule has 1 aliphatic heterocycles. The van der Waals surface area contributed by atoms with E-state index in [-0.39, 0.29) is 18.6 Å². The Bertz CT molecular complexity index is 921. The van der Waals surface area contributed by atoms with Gasteiger partial charge in [-0.2, -0.15) is 0 Å². The summed E-state index contributed by atoms with van der Waals surface area (Å²) in [6.45, 7) is 2.62. The maximum atomic E-state index is 11.5. The highest BCUT2D eigenvalue weighted by molar-refractivity contribution is 5.95. The zero-order valence-corrected chi connectivity index (χ0v) is 14.4. The molecule has 1 aliphatic rings. The minimum Gasteiger partial charge on any atom is -0.482 e. The first kappa shape index (κ1) is 16.4. The summed E-state index contributed by atoms with van der Waals surface area (Å²) in [5, 5.41) is 6.22. The van der Waals surface area contributed by atoms with Crippen molar-refractivity contribution in [3.63, 3.8) is 0 Å². The number of aromatic nitrogens is 1. The lowest BCUT2D eigenvalue weighted by molar-refractivity contribution is -0.118. The summed E-state index contributed by atoms with van der Waals surface area (Å²) in [5.41, 5.74) is 2.75. The van der Waals surface area contributed by atoms with Crippen LogP contribution >= 0.6 is 0 Å². The number of hydrogen-bond donors (Lipinski definition) is 2. The highest BCUT2D eigenvalue weighted by Crippen LogP contribution is 2.30. The number of carbonyl (C=O) groups is 1. The lowest BCUT2D eigenvalue weighted by Crippen LogP contribution is -2.26. The number of amides is 1. The monoisotopic (exact) mass is 349 g/mol. The van der Waals surface area contributed by atoms with Crippen LogP contribution in [0.15, 0.2) is 59.1 Å². The van der Waals surface area contributed by atoms with E-state index in [1.165, 1.54) is 0 Å². The van der Waals surface area contributed by atoms with Crippen molar-refractivity contribution >= 4 is 11.6 Å². The van der Waals surface area contributed by atoms with Gasteiger partial charge in [0.1, 0.15) is 5.75 Å². The zero-order chi connectivity index (χ0) is 17.9. The first-order chi connectivity index (χ1) is 12.7. The van der Waals surface area contributed by atoms with Gasteiger partial charge in [-0.05, 0) is 24.6 Å². The molecule has 132 valence electrons. The molecular weight excluding hydrogens is 330 g/mol. The molecule has 0 fully saturated rings. The van der Waals surface area contributed by atoms with E-state index >= 15 is 0 Å². The smallest absolute Gasteiger partial charge is 0.262 e. The predicted octanol–water partition coefficient (Wildman–Crippen LogP) is 3.52. The van der Waals surface area contributed by atoms with Gasteiger partial charge in [0.25, 0.3) is 5.91 Å². The van der Waals surface area contributed by atoms with Crippen LogP contribution < -0.4 is 15.4 Å². The molecule has 0 spiro atoms. The van der Waals surface area contributed by atoms with Crippen molar-refractivity contribution in [1.29, 1.82) is 0 Å². The van der Waals surface area contributed by atoms with Crippen molar-refractivity contribution in [3.8, 4) is 17.1 Å². The number of nitrogens with zero attached hydrogens (tertiary/aromatic N) is 1. The summed E-state index contributed by atoms with van der Waals surface area (Å²) in [6.07, 6.45) is 1.74. The number of ether oxygens (including phenoxy) is 1. The molecule has 3 aromatic rings. The molecule has 1 aromatic heterocycles. The van der Waals surface area contributed by atoms with Gasteiger partial charge in [0.15, 0.2) is 12.4 Å². The molecule has 2 N–H and O–H groups in total. The van der Waals surface area contributed by atoms with Gasteiger partial charge in [0, 0.05) is 11.6 Å². The van der Waals surface area contributed by atoms with Gasteiger partial charge in [-0.25, -0.2) is 4.98 Å². The molecule has 1 amide bonds. The third kappa shape index (κ3) is 3.45. The fourth-order valence-corrected chi connectivity index (χ4v) is 2.86. The van der Waals surface area contributed by atoms with Gasteiger partial charge in [-0.3, -0.25) is 4.79 Å². The number of benzene rings is 2. The van der Waals surface area contributed by atoms with Crippen molar-refractivity contribution in [3.05, 3.63) is 66.2 Å². The average molecular weight is 349 g/mol. The molecule has 26 heavy (non-hydrogen) atoms. The number of fused-ring (bicyclic) bond motifs is 1. The van der Waals surface area contributed by atoms with E-state index in [0.29, 0.717) is 23.9 Å². The quantitative estimate of drug-likeness (QED) is 0.737. The van der Waals surface area contributed by atoms with Gasteiger partial charge in [-0.1, -0.05) is 36.4 Å². The van der Waals surface area contributed by atoms with E-state index in [1.807, 2.05) is 55.5 Å². The maximum Gasteiger partial charge on any atom is 0.262 e. The molecule has 2 aromatic carbocycles. The van der Waals surface area contributed by atoms with Crippen molar-refractivity contribution < 1.29 is 13.9 Å². The van der Waals surface area contributed by atoms with Crippen LogP contribution in [-0.4, -0.2) is 17.5 Å². The minimum atomic E-state index is -0.136. The lowest BCUT2D eigenvalue weighted by Gasteiger charge is -2.20. The minimum absolute atomic E-state index is 0.0613. The Morgan fingerprint density at radius 1 is 1.23 bits per heavy atom. The highest BCUT2D eigenvalue weighted by Gasteiger charge is 2.17. The summed E-state index contributed by atoms with van der Waals surface area (Å²) in [4.78, 5) is 15.8.